The Morgan fingerprint density at radius 2 is 2.05 bits per heavy atom. The second kappa shape index (κ2) is 4.78. The first-order valence-corrected chi connectivity index (χ1v) is 6.23. The summed E-state index contributed by atoms with van der Waals surface area (Å²) in [6.45, 7) is 1.71. The number of aromatic nitrogens is 3. The highest BCUT2D eigenvalue weighted by Crippen LogP contribution is 2.20. The van der Waals surface area contributed by atoms with Crippen LogP contribution in [0.15, 0.2) is 30.3 Å². The number of aryl methyl sites for hydroxylation is 1. The van der Waals surface area contributed by atoms with Crippen molar-refractivity contribution in [1.82, 2.24) is 15.2 Å². The van der Waals surface area contributed by atoms with Crippen LogP contribution in [0.25, 0.3) is 10.9 Å². The average molecular weight is 284 g/mol. The molecule has 7 heteroatoms. The first-order chi connectivity index (χ1) is 10.1. The number of nitrogens with zero attached hydrogens (tertiary/aromatic N) is 1. The van der Waals surface area contributed by atoms with Crippen LogP contribution >= 0.6 is 0 Å². The molecule has 0 fully saturated rings. The Kier molecular flexibility index (Phi) is 2.94. The summed E-state index contributed by atoms with van der Waals surface area (Å²) in [4.78, 5) is 26.1. The van der Waals surface area contributed by atoms with E-state index in [1.54, 1.807) is 25.1 Å². The number of carboxylic acids is 1. The normalized spacial score (nSPS) is 10.7. The minimum absolute atomic E-state index is 0.0549. The van der Waals surface area contributed by atoms with Gasteiger partial charge in [-0.25, -0.2) is 4.79 Å². The van der Waals surface area contributed by atoms with Crippen molar-refractivity contribution >= 4 is 28.5 Å². The number of fused-ring (bicyclic) bond motifs is 1. The molecule has 0 spiro atoms. The van der Waals surface area contributed by atoms with E-state index in [-0.39, 0.29) is 17.1 Å². The predicted molar refractivity (Wildman–Crippen MR) is 76.5 cm³/mol. The van der Waals surface area contributed by atoms with Gasteiger partial charge in [-0.15, -0.1) is 0 Å². The van der Waals surface area contributed by atoms with Crippen molar-refractivity contribution in [2.75, 3.05) is 5.32 Å². The quantitative estimate of drug-likeness (QED) is 0.590. The van der Waals surface area contributed by atoms with Gasteiger partial charge in [0.2, 0.25) is 0 Å². The van der Waals surface area contributed by atoms with Gasteiger partial charge in [0.25, 0.3) is 5.91 Å². The maximum Gasteiger partial charge on any atom is 0.354 e. The van der Waals surface area contributed by atoms with Crippen molar-refractivity contribution in [2.45, 2.75) is 6.92 Å². The van der Waals surface area contributed by atoms with Gasteiger partial charge in [0.15, 0.2) is 5.69 Å². The first kappa shape index (κ1) is 12.9. The fraction of sp³-hybridized carbons (Fsp3) is 0.0714. The zero-order chi connectivity index (χ0) is 15.0. The second-order valence-electron chi connectivity index (χ2n) is 4.62. The van der Waals surface area contributed by atoms with Crippen molar-refractivity contribution in [3.8, 4) is 0 Å². The lowest BCUT2D eigenvalue weighted by molar-refractivity contribution is 0.0692. The van der Waals surface area contributed by atoms with Crippen molar-refractivity contribution in [3.05, 3.63) is 47.4 Å². The number of amides is 1. The van der Waals surface area contributed by atoms with E-state index in [1.165, 1.54) is 0 Å². The lowest BCUT2D eigenvalue weighted by Crippen LogP contribution is -2.14. The SMILES string of the molecule is Cc1cc(NC(=O)c2n[nH]c3ccccc23)c(C(=O)O)[nH]1. The van der Waals surface area contributed by atoms with E-state index in [0.717, 1.165) is 5.52 Å². The molecule has 0 bridgehead atoms. The third kappa shape index (κ3) is 2.25. The molecule has 1 aromatic carbocycles. The Bertz CT molecular complexity index is 847. The second-order valence-corrected chi connectivity index (χ2v) is 4.62. The van der Waals surface area contributed by atoms with Crippen LogP contribution in [-0.2, 0) is 0 Å². The Labute approximate surface area is 119 Å². The fourth-order valence-electron chi connectivity index (χ4n) is 2.17. The minimum atomic E-state index is -1.13. The molecule has 0 aliphatic rings. The number of aromatic carboxylic acids is 1. The number of H-pyrrole nitrogens is 2. The number of para-hydroxylation sites is 1. The van der Waals surface area contributed by atoms with E-state index in [4.69, 9.17) is 5.11 Å². The highest BCUT2D eigenvalue weighted by atomic mass is 16.4. The maximum absolute atomic E-state index is 12.3. The number of carbonyl (C=O) groups is 2. The zero-order valence-corrected chi connectivity index (χ0v) is 11.1. The van der Waals surface area contributed by atoms with Crippen LogP contribution in [0, 0.1) is 6.92 Å². The molecule has 0 unspecified atom stereocenters. The number of carboxylic acid groups (broad SMARTS) is 1. The number of anilines is 1. The Morgan fingerprint density at radius 3 is 2.81 bits per heavy atom. The third-order valence-corrected chi connectivity index (χ3v) is 3.10. The van der Waals surface area contributed by atoms with E-state index in [9.17, 15) is 9.59 Å². The van der Waals surface area contributed by atoms with Gasteiger partial charge < -0.3 is 15.4 Å². The van der Waals surface area contributed by atoms with Gasteiger partial charge in [-0.3, -0.25) is 9.89 Å². The van der Waals surface area contributed by atoms with Gasteiger partial charge >= 0.3 is 5.97 Å². The summed E-state index contributed by atoms with van der Waals surface area (Å²) in [6.07, 6.45) is 0. The Hall–Kier alpha value is -3.09. The molecule has 0 saturated heterocycles. The Balaban J connectivity index is 1.95. The summed E-state index contributed by atoms with van der Waals surface area (Å²) in [5.74, 6) is -1.60. The summed E-state index contributed by atoms with van der Waals surface area (Å²) in [5, 5.41) is 19.1. The van der Waals surface area contributed by atoms with Gasteiger partial charge in [-0.2, -0.15) is 5.10 Å². The van der Waals surface area contributed by atoms with Crippen LogP contribution in [0.4, 0.5) is 5.69 Å². The average Bonchev–Trinajstić information content (AvgIpc) is 3.02. The number of aromatic amines is 2. The van der Waals surface area contributed by atoms with Crippen molar-refractivity contribution < 1.29 is 14.7 Å². The predicted octanol–water partition coefficient (Wildman–Crippen LogP) is 2.15. The molecule has 4 N–H and O–H groups in total. The molecule has 106 valence electrons. The number of carbonyl (C=O) groups excluding carboxylic acids is 1. The van der Waals surface area contributed by atoms with Crippen LogP contribution in [0.1, 0.15) is 26.7 Å². The Morgan fingerprint density at radius 1 is 1.29 bits per heavy atom. The van der Waals surface area contributed by atoms with Crippen LogP contribution in [-0.4, -0.2) is 32.2 Å². The molecule has 2 aromatic heterocycles. The van der Waals surface area contributed by atoms with Gasteiger partial charge in [0.05, 0.1) is 11.2 Å². The molecule has 0 saturated carbocycles. The van der Waals surface area contributed by atoms with Crippen molar-refractivity contribution in [1.29, 1.82) is 0 Å². The van der Waals surface area contributed by atoms with E-state index in [0.29, 0.717) is 11.1 Å². The van der Waals surface area contributed by atoms with Gasteiger partial charge in [-0.1, -0.05) is 18.2 Å². The number of hydrogen-bond donors (Lipinski definition) is 4. The monoisotopic (exact) mass is 284 g/mol. The van der Waals surface area contributed by atoms with E-state index < -0.39 is 11.9 Å². The summed E-state index contributed by atoms with van der Waals surface area (Å²) >= 11 is 0. The number of nitrogens with one attached hydrogen (secondary N) is 3. The highest BCUT2D eigenvalue weighted by Gasteiger charge is 2.19. The standard InChI is InChI=1S/C14H12N4O3/c1-7-6-10(12(15-7)14(20)21)16-13(19)11-8-4-2-3-5-9(8)17-18-11/h2-6,15H,1H3,(H,16,19)(H,17,18)(H,20,21). The fourth-order valence-corrected chi connectivity index (χ4v) is 2.17. The lowest BCUT2D eigenvalue weighted by atomic mass is 10.2. The third-order valence-electron chi connectivity index (χ3n) is 3.10. The van der Waals surface area contributed by atoms with Gasteiger partial charge in [0, 0.05) is 11.1 Å². The van der Waals surface area contributed by atoms with E-state index >= 15 is 0 Å². The molecule has 0 atom stereocenters. The molecular weight excluding hydrogens is 272 g/mol. The van der Waals surface area contributed by atoms with Gasteiger partial charge in [-0.05, 0) is 19.1 Å². The number of rotatable bonds is 3. The van der Waals surface area contributed by atoms with Crippen LogP contribution in [0.5, 0.6) is 0 Å². The van der Waals surface area contributed by atoms with Crippen LogP contribution in [0.2, 0.25) is 0 Å². The van der Waals surface area contributed by atoms with Crippen molar-refractivity contribution in [3.63, 3.8) is 0 Å². The number of benzene rings is 1. The number of hydrogen-bond acceptors (Lipinski definition) is 3. The minimum Gasteiger partial charge on any atom is -0.477 e. The molecule has 21 heavy (non-hydrogen) atoms. The van der Waals surface area contributed by atoms with E-state index in [2.05, 4.69) is 20.5 Å². The molecule has 2 heterocycles. The first-order valence-electron chi connectivity index (χ1n) is 6.23. The van der Waals surface area contributed by atoms with Crippen LogP contribution in [0.3, 0.4) is 0 Å². The van der Waals surface area contributed by atoms with Gasteiger partial charge in [0.1, 0.15) is 5.69 Å². The molecule has 1 amide bonds. The maximum atomic E-state index is 12.3. The van der Waals surface area contributed by atoms with Crippen LogP contribution < -0.4 is 5.32 Å². The molecule has 3 aromatic rings. The molecule has 0 radical (unpaired) electrons. The largest absolute Gasteiger partial charge is 0.477 e. The molecule has 7 nitrogen and oxygen atoms in total. The highest BCUT2D eigenvalue weighted by molar-refractivity contribution is 6.12. The molecular formula is C14H12N4O3. The summed E-state index contributed by atoms with van der Waals surface area (Å²) in [6, 6.07) is 8.78. The molecule has 0 aliphatic carbocycles. The summed E-state index contributed by atoms with van der Waals surface area (Å²) in [5.41, 5.74) is 1.78. The smallest absolute Gasteiger partial charge is 0.354 e. The summed E-state index contributed by atoms with van der Waals surface area (Å²) < 4.78 is 0. The summed E-state index contributed by atoms with van der Waals surface area (Å²) in [7, 11) is 0. The topological polar surface area (TPSA) is 111 Å². The van der Waals surface area contributed by atoms with E-state index in [1.807, 2.05) is 12.1 Å². The van der Waals surface area contributed by atoms with Crippen molar-refractivity contribution in [2.24, 2.45) is 0 Å². The molecule has 0 aliphatic heterocycles. The molecule has 3 rings (SSSR count). The zero-order valence-electron chi connectivity index (χ0n) is 11.1. The lowest BCUT2D eigenvalue weighted by Gasteiger charge is -2.02.